The van der Waals surface area contributed by atoms with Gasteiger partial charge in [-0.1, -0.05) is 75.7 Å². The molecule has 1 saturated heterocycles. The lowest BCUT2D eigenvalue weighted by Gasteiger charge is -2.35. The van der Waals surface area contributed by atoms with E-state index in [0.29, 0.717) is 38.0 Å². The normalized spacial score (nSPS) is 17.0. The lowest BCUT2D eigenvalue weighted by molar-refractivity contribution is -0.140. The summed E-state index contributed by atoms with van der Waals surface area (Å²) in [6.45, 7) is 10.8. The fourth-order valence-electron chi connectivity index (χ4n) is 5.25. The van der Waals surface area contributed by atoms with Crippen molar-refractivity contribution < 1.29 is 24.0 Å². The summed E-state index contributed by atoms with van der Waals surface area (Å²) in [5, 5.41) is 9.02. The number of carbonyl (C=O) groups is 3. The largest absolute Gasteiger partial charge is 0.409 e. The smallest absolute Gasteiger partial charge is 0.357 e. The molecule has 3 rings (SSSR count). The molecule has 224 valence electrons. The summed E-state index contributed by atoms with van der Waals surface area (Å²) in [5.74, 6) is -1.44. The summed E-state index contributed by atoms with van der Waals surface area (Å²) in [6, 6.07) is 15.6. The molecule has 2 aromatic rings. The van der Waals surface area contributed by atoms with Crippen molar-refractivity contribution in [1.82, 2.24) is 20.9 Å². The first-order valence-corrected chi connectivity index (χ1v) is 16.8. The molecule has 0 aliphatic carbocycles. The average Bonchev–Trinajstić information content (AvgIpc) is 3.43. The number of amides is 3. The van der Waals surface area contributed by atoms with Gasteiger partial charge in [0.2, 0.25) is 11.8 Å². The second kappa shape index (κ2) is 14.7. The van der Waals surface area contributed by atoms with Crippen LogP contribution >= 0.6 is 0 Å². The van der Waals surface area contributed by atoms with E-state index in [1.54, 1.807) is 12.1 Å². The minimum atomic E-state index is -3.85. The van der Waals surface area contributed by atoms with Crippen molar-refractivity contribution in [1.29, 1.82) is 0 Å². The van der Waals surface area contributed by atoms with Gasteiger partial charge >= 0.3 is 8.56 Å². The summed E-state index contributed by atoms with van der Waals surface area (Å²) < 4.78 is 0. The number of nitrogens with zero attached hydrogens (tertiary/aromatic N) is 1. The van der Waals surface area contributed by atoms with Crippen LogP contribution in [0.5, 0.6) is 0 Å². The maximum absolute atomic E-state index is 13.7. The Balaban J connectivity index is 1.63. The van der Waals surface area contributed by atoms with Gasteiger partial charge in [-0.15, -0.1) is 0 Å². The Labute approximate surface area is 245 Å². The third-order valence-corrected chi connectivity index (χ3v) is 10.5. The number of benzene rings is 2. The Kier molecular flexibility index (Phi) is 11.7. The van der Waals surface area contributed by atoms with Crippen molar-refractivity contribution in [2.24, 2.45) is 11.8 Å². The van der Waals surface area contributed by atoms with E-state index in [2.05, 4.69) is 16.0 Å². The minimum absolute atomic E-state index is 0.150. The molecule has 0 unspecified atom stereocenters. The zero-order chi connectivity index (χ0) is 30.2. The average molecular weight is 583 g/mol. The van der Waals surface area contributed by atoms with Gasteiger partial charge in [0.05, 0.1) is 5.67 Å². The third-order valence-electron chi connectivity index (χ3n) is 7.68. The molecule has 1 aliphatic rings. The molecule has 3 amide bonds. The molecule has 3 atom stereocenters. The molecule has 0 aromatic heterocycles. The number of aryl methyl sites for hydroxylation is 1. The molecule has 41 heavy (non-hydrogen) atoms. The maximum Gasteiger partial charge on any atom is 0.357 e. The van der Waals surface area contributed by atoms with E-state index in [9.17, 15) is 24.0 Å². The van der Waals surface area contributed by atoms with Crippen molar-refractivity contribution in [3.8, 4) is 0 Å². The van der Waals surface area contributed by atoms with Crippen LogP contribution in [0.2, 0.25) is 6.04 Å². The van der Waals surface area contributed by atoms with Crippen LogP contribution in [0, 0.1) is 18.8 Å². The van der Waals surface area contributed by atoms with E-state index in [1.807, 2.05) is 77.1 Å². The van der Waals surface area contributed by atoms with Gasteiger partial charge in [-0.3, -0.25) is 14.4 Å². The maximum atomic E-state index is 13.7. The van der Waals surface area contributed by atoms with E-state index in [1.165, 1.54) is 4.90 Å². The van der Waals surface area contributed by atoms with E-state index >= 15 is 0 Å². The molecule has 1 aliphatic heterocycles. The van der Waals surface area contributed by atoms with E-state index < -0.39 is 26.3 Å². The van der Waals surface area contributed by atoms with E-state index in [-0.39, 0.29) is 35.6 Å². The van der Waals surface area contributed by atoms with Gasteiger partial charge in [0.25, 0.3) is 5.91 Å². The van der Waals surface area contributed by atoms with Gasteiger partial charge in [0, 0.05) is 24.7 Å². The number of carbonyl (C=O) groups excluding carboxylic acids is 3. The molecular weight excluding hydrogens is 536 g/mol. The van der Waals surface area contributed by atoms with Crippen LogP contribution in [0.25, 0.3) is 0 Å². The van der Waals surface area contributed by atoms with Gasteiger partial charge in [0.15, 0.2) is 0 Å². The molecule has 1 fully saturated rings. The van der Waals surface area contributed by atoms with Gasteiger partial charge in [-0.25, -0.2) is 0 Å². The lowest BCUT2D eigenvalue weighted by atomic mass is 10.0. The summed E-state index contributed by atoms with van der Waals surface area (Å²) in [6.07, 6.45) is 1.13. The van der Waals surface area contributed by atoms with Gasteiger partial charge in [0.1, 0.15) is 12.1 Å². The Morgan fingerprint density at radius 1 is 0.951 bits per heavy atom. The van der Waals surface area contributed by atoms with Crippen LogP contribution < -0.4 is 16.0 Å². The first-order valence-electron chi connectivity index (χ1n) is 14.6. The highest BCUT2D eigenvalue weighted by Gasteiger charge is 2.45. The first kappa shape index (κ1) is 32.5. The fraction of sp³-hybridized carbons (Fsp3) is 0.516. The van der Waals surface area contributed by atoms with Crippen molar-refractivity contribution >= 4 is 26.3 Å². The van der Waals surface area contributed by atoms with Crippen LogP contribution in [0.15, 0.2) is 54.6 Å². The predicted molar refractivity (Wildman–Crippen MR) is 162 cm³/mol. The zero-order valence-corrected chi connectivity index (χ0v) is 25.9. The summed E-state index contributed by atoms with van der Waals surface area (Å²) >= 11 is 0. The SMILES string of the molecule is Cc1ccc(C(=O)N[C@H](C(=O)N2CCC[C@H]2C(=O)N[C@@H](C(C)C)[Si](O)(O)CCNCc2ccccc2)C(C)C)cc1. The second-order valence-corrected chi connectivity index (χ2v) is 14.7. The number of likely N-dealkylation sites (tertiary alicyclic amines) is 1. The summed E-state index contributed by atoms with van der Waals surface area (Å²) in [5.41, 5.74) is 1.80. The van der Waals surface area contributed by atoms with Crippen LogP contribution in [0.3, 0.4) is 0 Å². The highest BCUT2D eigenvalue weighted by molar-refractivity contribution is 6.66. The Morgan fingerprint density at radius 2 is 1.61 bits per heavy atom. The van der Waals surface area contributed by atoms with Crippen molar-refractivity contribution in [2.45, 2.75) is 77.8 Å². The van der Waals surface area contributed by atoms with Gasteiger partial charge < -0.3 is 30.4 Å². The zero-order valence-electron chi connectivity index (χ0n) is 24.9. The highest BCUT2D eigenvalue weighted by atomic mass is 28.4. The molecule has 0 bridgehead atoms. The Bertz CT molecular complexity index is 1160. The quantitative estimate of drug-likeness (QED) is 0.182. The first-order chi connectivity index (χ1) is 19.4. The van der Waals surface area contributed by atoms with Crippen molar-refractivity contribution in [3.63, 3.8) is 0 Å². The molecule has 10 heteroatoms. The molecule has 5 N–H and O–H groups in total. The molecule has 0 spiro atoms. The highest BCUT2D eigenvalue weighted by Crippen LogP contribution is 2.23. The third kappa shape index (κ3) is 8.96. The molecule has 9 nitrogen and oxygen atoms in total. The minimum Gasteiger partial charge on any atom is -0.409 e. The van der Waals surface area contributed by atoms with Crippen LogP contribution in [-0.2, 0) is 16.1 Å². The van der Waals surface area contributed by atoms with Gasteiger partial charge in [-0.05, 0) is 55.8 Å². The molecule has 1 heterocycles. The standard InChI is InChI=1S/C31H46N4O5Si/c1-21(2)27(33-28(36)25-15-13-23(5)14-16-25)31(38)35-18-9-12-26(35)29(37)34-30(22(3)4)41(39,40)19-17-32-20-24-10-7-6-8-11-24/h6-8,10-11,13-16,21-22,26-27,30,32,39-40H,9,12,17-20H2,1-5H3,(H,33,36)(H,34,37)/t26-,27-,30+/m0/s1. The van der Waals surface area contributed by atoms with E-state index in [0.717, 1.165) is 11.1 Å². The van der Waals surface area contributed by atoms with Crippen LogP contribution in [-0.4, -0.2) is 71.6 Å². The molecule has 2 aromatic carbocycles. The van der Waals surface area contributed by atoms with Crippen molar-refractivity contribution in [2.75, 3.05) is 13.1 Å². The Morgan fingerprint density at radius 3 is 2.22 bits per heavy atom. The number of rotatable bonds is 13. The summed E-state index contributed by atoms with van der Waals surface area (Å²) in [7, 11) is -3.85. The summed E-state index contributed by atoms with van der Waals surface area (Å²) in [4.78, 5) is 63.8. The number of hydrogen-bond acceptors (Lipinski definition) is 6. The fourth-order valence-corrected chi connectivity index (χ4v) is 7.54. The lowest BCUT2D eigenvalue weighted by Crippen LogP contribution is -2.63. The topological polar surface area (TPSA) is 131 Å². The molecule has 0 radical (unpaired) electrons. The second-order valence-electron chi connectivity index (χ2n) is 11.8. The van der Waals surface area contributed by atoms with Crippen LogP contribution in [0.4, 0.5) is 0 Å². The predicted octanol–water partition coefficient (Wildman–Crippen LogP) is 2.64. The number of nitrogens with one attached hydrogen (secondary N) is 3. The number of hydrogen-bond donors (Lipinski definition) is 5. The van der Waals surface area contributed by atoms with Crippen molar-refractivity contribution in [3.05, 3.63) is 71.3 Å². The molecule has 0 saturated carbocycles. The van der Waals surface area contributed by atoms with Crippen LogP contribution in [0.1, 0.15) is 62.0 Å². The van der Waals surface area contributed by atoms with E-state index in [4.69, 9.17) is 0 Å². The monoisotopic (exact) mass is 582 g/mol. The Hall–Kier alpha value is -3.05. The molecular formula is C31H46N4O5Si. The van der Waals surface area contributed by atoms with Gasteiger partial charge in [-0.2, -0.15) is 0 Å².